The van der Waals surface area contributed by atoms with Crippen molar-refractivity contribution in [3.05, 3.63) is 6.33 Å². The van der Waals surface area contributed by atoms with Crippen molar-refractivity contribution >= 4 is 52.2 Å². The average Bonchev–Trinajstić information content (AvgIpc) is 3.25. The molecule has 2 aromatic rings. The zero-order chi connectivity index (χ0) is 24.6. The van der Waals surface area contributed by atoms with Crippen LogP contribution in [-0.2, 0) is 26.8 Å². The van der Waals surface area contributed by atoms with E-state index in [-0.39, 0.29) is 12.8 Å². The van der Waals surface area contributed by atoms with Crippen molar-refractivity contribution < 1.29 is 51.5 Å². The number of hydrogen-bond acceptors (Lipinski definition) is 12. The maximum absolute atomic E-state index is 11.9. The van der Waals surface area contributed by atoms with Gasteiger partial charge in [0.05, 0.1) is 25.1 Å². The third-order valence-electron chi connectivity index (χ3n) is 4.66. The Bertz CT molecular complexity index is 1160. The van der Waals surface area contributed by atoms with Gasteiger partial charge in [-0.3, -0.25) is 4.52 Å². The van der Waals surface area contributed by atoms with E-state index < -0.39 is 48.1 Å². The number of imidazole rings is 1. The number of anilines is 1. The highest BCUT2D eigenvalue weighted by Crippen LogP contribution is 2.66. The van der Waals surface area contributed by atoms with Gasteiger partial charge in [0.15, 0.2) is 22.1 Å². The van der Waals surface area contributed by atoms with Crippen LogP contribution in [0.2, 0.25) is 0 Å². The molecule has 1 fully saturated rings. The van der Waals surface area contributed by atoms with Crippen LogP contribution in [0.15, 0.2) is 11.5 Å². The number of fused-ring (bicyclic) bond motifs is 1. The molecule has 0 spiro atoms. The number of rotatable bonds is 10. The summed E-state index contributed by atoms with van der Waals surface area (Å²) < 4.78 is 47.8. The highest BCUT2D eigenvalue weighted by atomic mass is 32.2. The lowest BCUT2D eigenvalue weighted by molar-refractivity contribution is 0.127. The second-order valence-electron chi connectivity index (χ2n) is 6.99. The number of aliphatic hydroxyl groups excluding tert-OH is 1. The largest absolute Gasteiger partial charge is 0.490 e. The lowest BCUT2D eigenvalue weighted by Gasteiger charge is -2.18. The number of nitrogens with one attached hydrogen (secondary N) is 1. The summed E-state index contributed by atoms with van der Waals surface area (Å²) in [6, 6.07) is -0.501. The zero-order valence-electron chi connectivity index (χ0n) is 17.2. The predicted octanol–water partition coefficient (Wildman–Crippen LogP) is 1.25. The van der Waals surface area contributed by atoms with Crippen molar-refractivity contribution in [2.45, 2.75) is 30.1 Å². The van der Waals surface area contributed by atoms with Crippen molar-refractivity contribution in [1.29, 1.82) is 0 Å². The Balaban J connectivity index is 1.70. The number of nitrogens with zero attached hydrogens (tertiary/aromatic N) is 4. The molecule has 2 heterocycles. The summed E-state index contributed by atoms with van der Waals surface area (Å²) in [4.78, 5) is 49.0. The smallest absolute Gasteiger partial charge is 0.391 e. The minimum absolute atomic E-state index is 0.152. The lowest BCUT2D eigenvalue weighted by atomic mass is 10.1. The topological polar surface area (TPSA) is 236 Å². The fraction of sp³-hybridized carbons (Fsp3) is 0.615. The van der Waals surface area contributed by atoms with Crippen LogP contribution in [0.4, 0.5) is 5.82 Å². The third kappa shape index (κ3) is 6.82. The Labute approximate surface area is 191 Å². The predicted molar refractivity (Wildman–Crippen MR) is 114 cm³/mol. The lowest BCUT2D eigenvalue weighted by Crippen LogP contribution is -2.18. The molecule has 1 saturated carbocycles. The second kappa shape index (κ2) is 9.97. The molecule has 2 aromatic heterocycles. The summed E-state index contributed by atoms with van der Waals surface area (Å²) in [6.07, 6.45) is 2.85. The number of thioether (sulfide) groups is 1. The van der Waals surface area contributed by atoms with Crippen LogP contribution in [0.1, 0.15) is 18.9 Å². The van der Waals surface area contributed by atoms with Gasteiger partial charge in [-0.15, -0.1) is 0 Å². The molecule has 5 atom stereocenters. The second-order valence-corrected chi connectivity index (χ2v) is 12.2. The Morgan fingerprint density at radius 1 is 1.15 bits per heavy atom. The summed E-state index contributed by atoms with van der Waals surface area (Å²) in [5.41, 5.74) is 0.982. The normalized spacial score (nSPS) is 25.1. The van der Waals surface area contributed by atoms with Gasteiger partial charge in [0.1, 0.15) is 0 Å². The molecule has 1 aliphatic rings. The quantitative estimate of drug-likeness (QED) is 0.139. The first kappa shape index (κ1) is 26.7. The highest BCUT2D eigenvalue weighted by molar-refractivity contribution is 7.98. The molecule has 1 aliphatic carbocycles. The molecule has 33 heavy (non-hydrogen) atoms. The molecule has 0 aromatic carbocycles. The molecule has 0 radical (unpaired) electrons. The molecule has 0 aliphatic heterocycles. The SMILES string of the molecule is CNc1nc(SC)nc2c1ncn2[C@@H]1C[C@H](COP(=O)(O)OP(=O)(O)OP(=O)(O)O)C[C@H]1O. The van der Waals surface area contributed by atoms with E-state index in [1.54, 1.807) is 11.6 Å². The molecule has 186 valence electrons. The highest BCUT2D eigenvalue weighted by Gasteiger charge is 2.42. The Hall–Kier alpha value is -0.930. The van der Waals surface area contributed by atoms with Crippen LogP contribution in [0.5, 0.6) is 0 Å². The number of phosphoric ester groups is 1. The van der Waals surface area contributed by atoms with E-state index in [2.05, 4.69) is 33.4 Å². The summed E-state index contributed by atoms with van der Waals surface area (Å²) in [5.74, 6) is 0.0396. The Morgan fingerprint density at radius 3 is 2.45 bits per heavy atom. The zero-order valence-corrected chi connectivity index (χ0v) is 20.7. The van der Waals surface area contributed by atoms with Crippen LogP contribution in [0.3, 0.4) is 0 Å². The van der Waals surface area contributed by atoms with E-state index in [1.165, 1.54) is 18.1 Å². The minimum atomic E-state index is -5.59. The van der Waals surface area contributed by atoms with Gasteiger partial charge in [0.2, 0.25) is 0 Å². The minimum Gasteiger partial charge on any atom is -0.391 e. The molecule has 6 N–H and O–H groups in total. The molecule has 3 rings (SSSR count). The van der Waals surface area contributed by atoms with Crippen molar-refractivity contribution in [2.24, 2.45) is 5.92 Å². The fourth-order valence-corrected chi connectivity index (χ4v) is 6.89. The number of hydrogen-bond donors (Lipinski definition) is 6. The maximum atomic E-state index is 11.9. The monoisotopic (exact) mass is 549 g/mol. The fourth-order valence-electron chi connectivity index (χ4n) is 3.44. The van der Waals surface area contributed by atoms with Crippen LogP contribution < -0.4 is 5.32 Å². The summed E-state index contributed by atoms with van der Waals surface area (Å²) in [5, 5.41) is 14.0. The van der Waals surface area contributed by atoms with E-state index in [9.17, 15) is 28.6 Å². The van der Waals surface area contributed by atoms with Crippen LogP contribution in [-0.4, -0.2) is 70.2 Å². The summed E-state index contributed by atoms with van der Waals surface area (Å²) in [6.45, 7) is -0.462. The average molecular weight is 549 g/mol. The van der Waals surface area contributed by atoms with Gasteiger partial charge in [0.25, 0.3) is 0 Å². The molecule has 2 unspecified atom stereocenters. The molecular weight excluding hydrogens is 527 g/mol. The first-order valence-electron chi connectivity index (χ1n) is 9.16. The van der Waals surface area contributed by atoms with Gasteiger partial charge >= 0.3 is 23.5 Å². The molecular formula is C13H22N5O11P3S. The van der Waals surface area contributed by atoms with Gasteiger partial charge < -0.3 is 34.6 Å². The van der Waals surface area contributed by atoms with Gasteiger partial charge in [-0.1, -0.05) is 11.8 Å². The summed E-state index contributed by atoms with van der Waals surface area (Å²) >= 11 is 1.33. The number of phosphoric acid groups is 3. The van der Waals surface area contributed by atoms with E-state index in [0.717, 1.165) is 0 Å². The first-order chi connectivity index (χ1) is 15.2. The van der Waals surface area contributed by atoms with E-state index in [0.29, 0.717) is 22.1 Å². The molecule has 0 bridgehead atoms. The van der Waals surface area contributed by atoms with E-state index >= 15 is 0 Å². The van der Waals surface area contributed by atoms with Crippen LogP contribution in [0.25, 0.3) is 11.2 Å². The van der Waals surface area contributed by atoms with Crippen LogP contribution >= 0.6 is 35.2 Å². The van der Waals surface area contributed by atoms with Gasteiger partial charge in [-0.25, -0.2) is 28.6 Å². The molecule has 20 heteroatoms. The van der Waals surface area contributed by atoms with Crippen molar-refractivity contribution in [1.82, 2.24) is 19.5 Å². The van der Waals surface area contributed by atoms with E-state index in [4.69, 9.17) is 9.79 Å². The molecule has 0 amide bonds. The summed E-state index contributed by atoms with van der Waals surface area (Å²) in [7, 11) is -14.6. The van der Waals surface area contributed by atoms with Crippen molar-refractivity contribution in [3.8, 4) is 0 Å². The van der Waals surface area contributed by atoms with Gasteiger partial charge in [-0.05, 0) is 25.0 Å². The maximum Gasteiger partial charge on any atom is 0.490 e. The van der Waals surface area contributed by atoms with Gasteiger partial charge in [0, 0.05) is 7.05 Å². The number of aromatic nitrogens is 4. The van der Waals surface area contributed by atoms with Crippen molar-refractivity contribution in [3.63, 3.8) is 0 Å². The third-order valence-corrected chi connectivity index (χ3v) is 9.01. The first-order valence-corrected chi connectivity index (χ1v) is 14.9. The molecule has 16 nitrogen and oxygen atoms in total. The van der Waals surface area contributed by atoms with Gasteiger partial charge in [-0.2, -0.15) is 8.62 Å². The Kier molecular flexibility index (Phi) is 8.06. The molecule has 0 saturated heterocycles. The Morgan fingerprint density at radius 2 is 1.85 bits per heavy atom. The van der Waals surface area contributed by atoms with E-state index in [1.807, 2.05) is 6.26 Å². The standard InChI is InChI=1S/C13H22N5O11P3S/c1-14-11-10-12(17-13(16-11)33-2)18(6-15-10)8-3-7(4-9(8)19)5-27-31(23,24)29-32(25,26)28-30(20,21)22/h6-9,19H,3-5H2,1-2H3,(H,23,24)(H,25,26)(H,14,16,17)(H2,20,21,22)/t7-,8+,9+/m0/s1. The number of aliphatic hydroxyl groups is 1. The van der Waals surface area contributed by atoms with Crippen LogP contribution in [0, 0.1) is 5.92 Å². The van der Waals surface area contributed by atoms with Crippen molar-refractivity contribution in [2.75, 3.05) is 25.2 Å².